The van der Waals surface area contributed by atoms with Crippen molar-refractivity contribution in [2.75, 3.05) is 6.54 Å². The molecule has 2 aromatic rings. The Morgan fingerprint density at radius 2 is 2.14 bits per heavy atom. The molecule has 21 heavy (non-hydrogen) atoms. The molecule has 5 N–H and O–H groups in total. The molecule has 7 nitrogen and oxygen atoms in total. The van der Waals surface area contributed by atoms with Gasteiger partial charge in [0.05, 0.1) is 18.0 Å². The van der Waals surface area contributed by atoms with E-state index in [0.29, 0.717) is 6.54 Å². The molecule has 0 radical (unpaired) electrons. The first-order chi connectivity index (χ1) is 10.1. The Hall–Kier alpha value is -2.63. The van der Waals surface area contributed by atoms with E-state index in [4.69, 9.17) is 5.73 Å². The van der Waals surface area contributed by atoms with Crippen LogP contribution in [-0.2, 0) is 6.54 Å². The minimum Gasteiger partial charge on any atom is -0.346 e. The predicted molar refractivity (Wildman–Crippen MR) is 79.1 cm³/mol. The lowest BCUT2D eigenvalue weighted by molar-refractivity contribution is 0.0945. The first-order valence-corrected chi connectivity index (χ1v) is 6.79. The van der Waals surface area contributed by atoms with Gasteiger partial charge in [-0.05, 0) is 12.1 Å². The molecule has 0 aromatic carbocycles. The molecule has 108 valence electrons. The smallest absolute Gasteiger partial charge is 0.326 e. The fraction of sp³-hybridized carbons (Fsp3) is 0.154. The highest BCUT2D eigenvalue weighted by Crippen LogP contribution is 2.14. The van der Waals surface area contributed by atoms with Gasteiger partial charge in [0.1, 0.15) is 5.69 Å². The Morgan fingerprint density at radius 3 is 2.86 bits per heavy atom. The summed E-state index contributed by atoms with van der Waals surface area (Å²) in [6.07, 6.45) is 0. The molecule has 2 heterocycles. The van der Waals surface area contributed by atoms with Gasteiger partial charge in [0.25, 0.3) is 11.5 Å². The van der Waals surface area contributed by atoms with E-state index in [2.05, 4.69) is 22.1 Å². The van der Waals surface area contributed by atoms with Gasteiger partial charge >= 0.3 is 5.69 Å². The summed E-state index contributed by atoms with van der Waals surface area (Å²) >= 11 is 1.43. The molecule has 0 spiro atoms. The van der Waals surface area contributed by atoms with Crippen molar-refractivity contribution in [2.24, 2.45) is 5.73 Å². The van der Waals surface area contributed by atoms with Crippen LogP contribution in [-0.4, -0.2) is 22.4 Å². The number of aromatic nitrogens is 2. The summed E-state index contributed by atoms with van der Waals surface area (Å²) in [6.45, 7) is 0.572. The van der Waals surface area contributed by atoms with E-state index in [1.165, 1.54) is 11.3 Å². The first kappa shape index (κ1) is 14.8. The third-order valence-electron chi connectivity index (χ3n) is 2.40. The van der Waals surface area contributed by atoms with Crippen LogP contribution in [0.3, 0.4) is 0 Å². The quantitative estimate of drug-likeness (QED) is 0.564. The average molecular weight is 304 g/mol. The van der Waals surface area contributed by atoms with Gasteiger partial charge in [0.2, 0.25) is 0 Å². The van der Waals surface area contributed by atoms with E-state index in [-0.39, 0.29) is 12.2 Å². The number of nitrogens with one attached hydrogen (secondary N) is 3. The molecule has 0 fully saturated rings. The fourth-order valence-corrected chi connectivity index (χ4v) is 2.35. The van der Waals surface area contributed by atoms with Gasteiger partial charge in [0.15, 0.2) is 0 Å². The van der Waals surface area contributed by atoms with Crippen LogP contribution in [0.25, 0.3) is 0 Å². The number of aromatic amines is 2. The zero-order valence-electron chi connectivity index (χ0n) is 10.9. The second kappa shape index (κ2) is 6.69. The standard InChI is InChI=1S/C13H12N4O3S/c14-5-1-2-8-3-4-9(21-8)7-15-12(19)10-6-11(18)17-13(20)16-10/h3-4,6H,5,7,14H2,(H,15,19)(H2,16,17,18,20). The maximum Gasteiger partial charge on any atom is 0.326 e. The van der Waals surface area contributed by atoms with Crippen molar-refractivity contribution in [3.05, 3.63) is 54.5 Å². The Kier molecular flexibility index (Phi) is 4.71. The summed E-state index contributed by atoms with van der Waals surface area (Å²) in [5.74, 6) is 5.11. The van der Waals surface area contributed by atoms with E-state index in [1.54, 1.807) is 0 Å². The summed E-state index contributed by atoms with van der Waals surface area (Å²) in [5.41, 5.74) is 3.86. The van der Waals surface area contributed by atoms with E-state index in [0.717, 1.165) is 15.8 Å². The number of rotatable bonds is 3. The van der Waals surface area contributed by atoms with Crippen LogP contribution >= 0.6 is 11.3 Å². The van der Waals surface area contributed by atoms with Crippen LogP contribution in [0.15, 0.2) is 27.8 Å². The van der Waals surface area contributed by atoms with Crippen LogP contribution in [0.4, 0.5) is 0 Å². The minimum atomic E-state index is -0.719. The van der Waals surface area contributed by atoms with E-state index in [1.807, 2.05) is 17.1 Å². The van der Waals surface area contributed by atoms with Gasteiger partial charge in [-0.25, -0.2) is 4.79 Å². The Labute approximate surface area is 123 Å². The third kappa shape index (κ3) is 4.17. The van der Waals surface area contributed by atoms with E-state index >= 15 is 0 Å². The molecule has 0 saturated heterocycles. The van der Waals surface area contributed by atoms with Gasteiger partial charge in [-0.3, -0.25) is 14.6 Å². The zero-order valence-corrected chi connectivity index (χ0v) is 11.7. The lowest BCUT2D eigenvalue weighted by atomic mass is 10.3. The Bertz CT molecular complexity index is 794. The average Bonchev–Trinajstić information content (AvgIpc) is 2.89. The number of carbonyl (C=O) groups excluding carboxylic acids is 1. The van der Waals surface area contributed by atoms with Gasteiger partial charge in [-0.2, -0.15) is 0 Å². The highest BCUT2D eigenvalue weighted by Gasteiger charge is 2.08. The number of carbonyl (C=O) groups is 1. The number of nitrogens with two attached hydrogens (primary N) is 1. The van der Waals surface area contributed by atoms with Crippen LogP contribution in [0.2, 0.25) is 0 Å². The number of H-pyrrole nitrogens is 2. The summed E-state index contributed by atoms with van der Waals surface area (Å²) in [7, 11) is 0. The summed E-state index contributed by atoms with van der Waals surface area (Å²) in [6, 6.07) is 4.71. The summed E-state index contributed by atoms with van der Waals surface area (Å²) in [5, 5.41) is 2.61. The Balaban J connectivity index is 2.02. The molecule has 0 atom stereocenters. The number of thiophene rings is 1. The molecule has 8 heteroatoms. The zero-order chi connectivity index (χ0) is 15.2. The molecule has 0 unspecified atom stereocenters. The van der Waals surface area contributed by atoms with Crippen molar-refractivity contribution < 1.29 is 4.79 Å². The number of amides is 1. The van der Waals surface area contributed by atoms with Crippen molar-refractivity contribution in [3.8, 4) is 11.8 Å². The van der Waals surface area contributed by atoms with Gasteiger partial charge in [-0.1, -0.05) is 11.8 Å². The van der Waals surface area contributed by atoms with Crippen molar-refractivity contribution >= 4 is 17.2 Å². The number of hydrogen-bond donors (Lipinski definition) is 4. The normalized spacial score (nSPS) is 9.76. The minimum absolute atomic E-state index is 0.0801. The summed E-state index contributed by atoms with van der Waals surface area (Å²) < 4.78 is 0. The second-order valence-corrected chi connectivity index (χ2v) is 5.12. The molecular weight excluding hydrogens is 292 g/mol. The van der Waals surface area contributed by atoms with E-state index < -0.39 is 17.2 Å². The third-order valence-corrected chi connectivity index (χ3v) is 3.40. The van der Waals surface area contributed by atoms with Gasteiger partial charge in [0, 0.05) is 10.9 Å². The van der Waals surface area contributed by atoms with Crippen molar-refractivity contribution in [1.82, 2.24) is 15.3 Å². The highest BCUT2D eigenvalue weighted by molar-refractivity contribution is 7.12. The molecule has 0 aliphatic carbocycles. The van der Waals surface area contributed by atoms with Crippen molar-refractivity contribution in [3.63, 3.8) is 0 Å². The fourth-order valence-electron chi connectivity index (χ4n) is 1.53. The largest absolute Gasteiger partial charge is 0.346 e. The molecular formula is C13H12N4O3S. The number of hydrogen-bond acceptors (Lipinski definition) is 5. The summed E-state index contributed by atoms with van der Waals surface area (Å²) in [4.78, 5) is 40.0. The van der Waals surface area contributed by atoms with Crippen LogP contribution in [0.1, 0.15) is 20.2 Å². The lowest BCUT2D eigenvalue weighted by Gasteiger charge is -2.02. The maximum atomic E-state index is 11.8. The molecule has 0 aliphatic rings. The molecule has 2 rings (SSSR count). The monoisotopic (exact) mass is 304 g/mol. The van der Waals surface area contributed by atoms with Crippen molar-refractivity contribution in [1.29, 1.82) is 0 Å². The molecule has 1 amide bonds. The van der Waals surface area contributed by atoms with Crippen LogP contribution in [0.5, 0.6) is 0 Å². The highest BCUT2D eigenvalue weighted by atomic mass is 32.1. The predicted octanol–water partition coefficient (Wildman–Crippen LogP) is -0.635. The van der Waals surface area contributed by atoms with Gasteiger partial charge < -0.3 is 16.0 Å². The SMILES string of the molecule is NCC#Cc1ccc(CNC(=O)c2cc(=O)[nH]c(=O)[nH]2)s1. The molecule has 0 saturated carbocycles. The Morgan fingerprint density at radius 1 is 1.33 bits per heavy atom. The maximum absolute atomic E-state index is 11.8. The molecule has 0 bridgehead atoms. The van der Waals surface area contributed by atoms with Crippen molar-refractivity contribution in [2.45, 2.75) is 6.54 Å². The lowest BCUT2D eigenvalue weighted by Crippen LogP contribution is -2.30. The van der Waals surface area contributed by atoms with E-state index in [9.17, 15) is 14.4 Å². The van der Waals surface area contributed by atoms with Crippen LogP contribution in [0, 0.1) is 11.8 Å². The molecule has 2 aromatic heterocycles. The first-order valence-electron chi connectivity index (χ1n) is 5.98. The molecule has 0 aliphatic heterocycles. The van der Waals surface area contributed by atoms with Gasteiger partial charge in [-0.15, -0.1) is 11.3 Å². The van der Waals surface area contributed by atoms with Crippen LogP contribution < -0.4 is 22.3 Å². The topological polar surface area (TPSA) is 121 Å². The second-order valence-electron chi connectivity index (χ2n) is 3.96.